The monoisotopic (exact) mass is 505 g/mol. The zero-order valence-corrected chi connectivity index (χ0v) is 22.8. The van der Waals surface area contributed by atoms with Crippen LogP contribution in [0.15, 0.2) is 46.2 Å². The summed E-state index contributed by atoms with van der Waals surface area (Å²) in [7, 11) is -1.96. The minimum Gasteiger partial charge on any atom is -0.455 e. The van der Waals surface area contributed by atoms with Gasteiger partial charge in [-0.15, -0.1) is 5.16 Å². The van der Waals surface area contributed by atoms with Crippen molar-refractivity contribution in [1.29, 1.82) is 0 Å². The van der Waals surface area contributed by atoms with Crippen molar-refractivity contribution in [2.45, 2.75) is 64.6 Å². The Morgan fingerprint density at radius 2 is 1.94 bits per heavy atom. The number of furan rings is 1. The molecule has 2 aromatic heterocycles. The van der Waals surface area contributed by atoms with E-state index in [9.17, 15) is 4.79 Å². The third kappa shape index (κ3) is 4.71. The minimum absolute atomic E-state index is 0.0235. The van der Waals surface area contributed by atoms with E-state index >= 15 is 0 Å². The van der Waals surface area contributed by atoms with Crippen molar-refractivity contribution in [3.8, 4) is 0 Å². The smallest absolute Gasteiger partial charge is 0.286 e. The number of ketones is 1. The van der Waals surface area contributed by atoms with Gasteiger partial charge in [-0.2, -0.15) is 0 Å². The van der Waals surface area contributed by atoms with Crippen LogP contribution >= 0.6 is 0 Å². The molecule has 3 heterocycles. The van der Waals surface area contributed by atoms with E-state index in [4.69, 9.17) is 13.7 Å². The zero-order valence-electron chi connectivity index (χ0n) is 21.8. The molecular weight excluding hydrogens is 470 g/mol. The lowest BCUT2D eigenvalue weighted by Crippen LogP contribution is -2.39. The second-order valence-corrected chi connectivity index (χ2v) is 16.0. The van der Waals surface area contributed by atoms with Gasteiger partial charge in [-0.1, -0.05) is 26.8 Å². The molecule has 0 amide bonds. The number of carbonyl (C=O) groups excluding carboxylic acids is 1. The van der Waals surface area contributed by atoms with Gasteiger partial charge in [0.25, 0.3) is 8.32 Å². The second kappa shape index (κ2) is 9.48. The second-order valence-electron chi connectivity index (χ2n) is 11.3. The lowest BCUT2D eigenvalue weighted by molar-refractivity contribution is 0.0529. The largest absolute Gasteiger partial charge is 0.455 e. The fourth-order valence-electron chi connectivity index (χ4n) is 4.49. The molecule has 1 aromatic carbocycles. The number of hydrogen-bond donors (Lipinski definition) is 1. The first-order chi connectivity index (χ1) is 17.1. The Morgan fingerprint density at radius 1 is 1.17 bits per heavy atom. The number of aryl methyl sites for hydroxylation is 1. The Kier molecular flexibility index (Phi) is 6.51. The van der Waals surface area contributed by atoms with E-state index in [2.05, 4.69) is 61.5 Å². The summed E-state index contributed by atoms with van der Waals surface area (Å²) in [6, 6.07) is 8.17. The summed E-state index contributed by atoms with van der Waals surface area (Å²) in [5.74, 6) is 0.304. The standard InChI is InChI=1S/C28H35N3O4Si/c1-28(2,3)36(4,5)35-31-23-9-6-19-16-20(7-8-21(19)23)30-25-22-10-13-29-17-24(22)34-27(25)26(32)18-11-14-33-15-12-18/h7-8,10,13,16-18,30H,6,9,11-12,14-15H2,1-5H3/b31-23-. The highest BCUT2D eigenvalue weighted by atomic mass is 28.4. The first kappa shape index (κ1) is 24.7. The number of nitrogens with zero attached hydrogens (tertiary/aromatic N) is 2. The van der Waals surface area contributed by atoms with Crippen molar-refractivity contribution in [2.24, 2.45) is 11.1 Å². The van der Waals surface area contributed by atoms with E-state index in [-0.39, 0.29) is 16.7 Å². The van der Waals surface area contributed by atoms with Crippen LogP contribution in [0.5, 0.6) is 0 Å². The summed E-state index contributed by atoms with van der Waals surface area (Å²) >= 11 is 0. The molecule has 2 aliphatic rings. The third-order valence-corrected chi connectivity index (χ3v) is 12.0. The van der Waals surface area contributed by atoms with Crippen LogP contribution in [-0.2, 0) is 15.7 Å². The highest BCUT2D eigenvalue weighted by Crippen LogP contribution is 2.38. The van der Waals surface area contributed by atoms with Crippen LogP contribution in [0, 0.1) is 5.92 Å². The van der Waals surface area contributed by atoms with Crippen LogP contribution in [-0.4, -0.2) is 38.0 Å². The molecule has 1 N–H and O–H groups in total. The number of oxime groups is 1. The van der Waals surface area contributed by atoms with Crippen molar-refractivity contribution in [3.63, 3.8) is 0 Å². The first-order valence-electron chi connectivity index (χ1n) is 12.8. The van der Waals surface area contributed by atoms with Crippen LogP contribution in [0.2, 0.25) is 18.1 Å². The van der Waals surface area contributed by atoms with Gasteiger partial charge in [0, 0.05) is 42.0 Å². The number of nitrogens with one attached hydrogen (secondary N) is 1. The molecular formula is C28H35N3O4Si. The molecule has 1 aliphatic heterocycles. The summed E-state index contributed by atoms with van der Waals surface area (Å²) in [5, 5.41) is 9.08. The lowest BCUT2D eigenvalue weighted by atomic mass is 9.93. The molecule has 8 heteroatoms. The van der Waals surface area contributed by atoms with Crippen LogP contribution in [0.1, 0.15) is 61.7 Å². The highest BCUT2D eigenvalue weighted by Gasteiger charge is 2.40. The molecule has 0 radical (unpaired) electrons. The molecule has 190 valence electrons. The summed E-state index contributed by atoms with van der Waals surface area (Å²) in [5.41, 5.74) is 5.60. The number of benzene rings is 1. The Balaban J connectivity index is 1.42. The first-order valence-corrected chi connectivity index (χ1v) is 15.7. The number of aromatic nitrogens is 1. The molecule has 36 heavy (non-hydrogen) atoms. The van der Waals surface area contributed by atoms with E-state index in [1.54, 1.807) is 12.4 Å². The van der Waals surface area contributed by atoms with E-state index in [1.165, 1.54) is 5.56 Å². The molecule has 0 atom stereocenters. The predicted molar refractivity (Wildman–Crippen MR) is 145 cm³/mol. The Labute approximate surface area is 213 Å². The van der Waals surface area contributed by atoms with Crippen LogP contribution < -0.4 is 5.32 Å². The van der Waals surface area contributed by atoms with Crippen molar-refractivity contribution >= 4 is 42.2 Å². The van der Waals surface area contributed by atoms with Gasteiger partial charge in [-0.05, 0) is 67.6 Å². The van der Waals surface area contributed by atoms with E-state index < -0.39 is 8.32 Å². The molecule has 1 fully saturated rings. The van der Waals surface area contributed by atoms with Gasteiger partial charge in [-0.3, -0.25) is 9.78 Å². The normalized spacial score (nSPS) is 18.0. The fourth-order valence-corrected chi connectivity index (χ4v) is 5.10. The van der Waals surface area contributed by atoms with E-state index in [0.29, 0.717) is 43.1 Å². The van der Waals surface area contributed by atoms with Gasteiger partial charge >= 0.3 is 0 Å². The number of fused-ring (bicyclic) bond motifs is 2. The molecule has 5 rings (SSSR count). The number of rotatable bonds is 6. The minimum atomic E-state index is -1.96. The number of anilines is 2. The highest BCUT2D eigenvalue weighted by molar-refractivity contribution is 6.74. The zero-order chi connectivity index (χ0) is 25.5. The van der Waals surface area contributed by atoms with Gasteiger partial charge < -0.3 is 19.0 Å². The SMILES string of the molecule is CC(C)(C)[Si](C)(C)O/N=C1/CCc2cc(Nc3c(C(=O)C4CCOCC4)oc4cnccc34)ccc21. The van der Waals surface area contributed by atoms with Gasteiger partial charge in [0.15, 0.2) is 11.3 Å². The summed E-state index contributed by atoms with van der Waals surface area (Å²) in [6.07, 6.45) is 6.58. The molecule has 7 nitrogen and oxygen atoms in total. The summed E-state index contributed by atoms with van der Waals surface area (Å²) in [4.78, 5) is 17.6. The molecule has 0 bridgehead atoms. The molecule has 1 aliphatic carbocycles. The van der Waals surface area contributed by atoms with Gasteiger partial charge in [0.1, 0.15) is 0 Å². The average molecular weight is 506 g/mol. The molecule has 3 aromatic rings. The Morgan fingerprint density at radius 3 is 2.69 bits per heavy atom. The van der Waals surface area contributed by atoms with Crippen molar-refractivity contribution < 1.29 is 18.5 Å². The van der Waals surface area contributed by atoms with Crippen molar-refractivity contribution in [2.75, 3.05) is 18.5 Å². The van der Waals surface area contributed by atoms with E-state index in [1.807, 2.05) is 12.1 Å². The summed E-state index contributed by atoms with van der Waals surface area (Å²) < 4.78 is 17.6. The third-order valence-electron chi connectivity index (χ3n) is 7.82. The predicted octanol–water partition coefficient (Wildman–Crippen LogP) is 6.85. The fraction of sp³-hybridized carbons (Fsp3) is 0.464. The van der Waals surface area contributed by atoms with Gasteiger partial charge in [0.2, 0.25) is 5.78 Å². The maximum Gasteiger partial charge on any atom is 0.286 e. The van der Waals surface area contributed by atoms with Crippen LogP contribution in [0.3, 0.4) is 0 Å². The quantitative estimate of drug-likeness (QED) is 0.224. The number of carbonyl (C=O) groups is 1. The summed E-state index contributed by atoms with van der Waals surface area (Å²) in [6.45, 7) is 12.3. The Hall–Kier alpha value is -2.97. The molecule has 0 spiro atoms. The number of hydrogen-bond acceptors (Lipinski definition) is 7. The van der Waals surface area contributed by atoms with Crippen molar-refractivity contribution in [3.05, 3.63) is 53.5 Å². The van der Waals surface area contributed by atoms with Crippen LogP contribution in [0.4, 0.5) is 11.4 Å². The average Bonchev–Trinajstić information content (AvgIpc) is 3.43. The number of pyridine rings is 1. The van der Waals surface area contributed by atoms with Crippen LogP contribution in [0.25, 0.3) is 11.0 Å². The Bertz CT molecular complexity index is 1320. The number of ether oxygens (including phenoxy) is 1. The maximum atomic E-state index is 13.4. The molecule has 0 saturated carbocycles. The number of Topliss-reactive ketones (excluding diaryl/α,β-unsaturated/α-hetero) is 1. The van der Waals surface area contributed by atoms with Crippen molar-refractivity contribution in [1.82, 2.24) is 4.98 Å². The topological polar surface area (TPSA) is 86.0 Å². The molecule has 0 unspecified atom stereocenters. The van der Waals surface area contributed by atoms with E-state index in [0.717, 1.165) is 35.2 Å². The van der Waals surface area contributed by atoms with Gasteiger partial charge in [-0.25, -0.2) is 0 Å². The molecule has 1 saturated heterocycles. The van der Waals surface area contributed by atoms with Gasteiger partial charge in [0.05, 0.1) is 17.6 Å². The maximum absolute atomic E-state index is 13.4. The lowest BCUT2D eigenvalue weighted by Gasteiger charge is -2.33.